The minimum Gasteiger partial charge on any atom is -0.450 e. The van der Waals surface area contributed by atoms with Gasteiger partial charge in [-0.2, -0.15) is 5.10 Å². The van der Waals surface area contributed by atoms with Crippen LogP contribution in [0.2, 0.25) is 0 Å². The molecular weight excluding hydrogens is 367 g/mol. The molecule has 0 saturated carbocycles. The first-order chi connectivity index (χ1) is 13.2. The average molecular weight is 390 g/mol. The van der Waals surface area contributed by atoms with Crippen molar-refractivity contribution in [2.24, 2.45) is 0 Å². The molecule has 0 aliphatic carbocycles. The summed E-state index contributed by atoms with van der Waals surface area (Å²) in [6.45, 7) is 6.78. The highest BCUT2D eigenvalue weighted by Gasteiger charge is 2.18. The molecule has 0 bridgehead atoms. The second-order valence-electron chi connectivity index (χ2n) is 6.32. The monoisotopic (exact) mass is 390 g/mol. The van der Waals surface area contributed by atoms with Crippen molar-refractivity contribution in [3.63, 3.8) is 0 Å². The Morgan fingerprint density at radius 1 is 1.29 bits per heavy atom. The molecule has 0 fully saturated rings. The van der Waals surface area contributed by atoms with Crippen molar-refractivity contribution in [1.29, 1.82) is 0 Å². The molecule has 1 aromatic carbocycles. The number of aromatic nitrogens is 2. The minimum absolute atomic E-state index is 0.0150. The van der Waals surface area contributed by atoms with E-state index in [2.05, 4.69) is 20.8 Å². The Bertz CT molecular complexity index is 942. The lowest BCUT2D eigenvalue weighted by Gasteiger charge is -2.15. The fraction of sp³-hybridized carbons (Fsp3) is 0.368. The zero-order valence-electron chi connectivity index (χ0n) is 16.2. The Hall–Kier alpha value is -3.23. The standard InChI is InChI=1S/C19H23FN4O4/c1-5-28-19(27)21-12(4)18(26)22-16-9-13(6-7-14(16)20)8-15-10(2)11(3)17(25)24-23-15/h6-7,9,12H,5,8H2,1-4H3,(H,21,27)(H,22,26)(H,24,25)/t12-/m0/s1. The molecule has 3 N–H and O–H groups in total. The zero-order valence-corrected chi connectivity index (χ0v) is 16.2. The maximum Gasteiger partial charge on any atom is 0.407 e. The zero-order chi connectivity index (χ0) is 20.8. The van der Waals surface area contributed by atoms with Crippen molar-refractivity contribution in [1.82, 2.24) is 15.5 Å². The number of hydrogen-bond donors (Lipinski definition) is 3. The molecule has 0 spiro atoms. The largest absolute Gasteiger partial charge is 0.450 e. The van der Waals surface area contributed by atoms with Gasteiger partial charge in [-0.1, -0.05) is 6.07 Å². The van der Waals surface area contributed by atoms with Crippen LogP contribution >= 0.6 is 0 Å². The van der Waals surface area contributed by atoms with Crippen molar-refractivity contribution in [3.05, 3.63) is 56.8 Å². The summed E-state index contributed by atoms with van der Waals surface area (Å²) in [5.41, 5.74) is 2.41. The van der Waals surface area contributed by atoms with Gasteiger partial charge in [-0.05, 0) is 51.0 Å². The Kier molecular flexibility index (Phi) is 6.86. The van der Waals surface area contributed by atoms with Gasteiger partial charge in [-0.25, -0.2) is 14.3 Å². The van der Waals surface area contributed by atoms with E-state index in [0.717, 1.165) is 5.56 Å². The van der Waals surface area contributed by atoms with Crippen LogP contribution in [0.25, 0.3) is 0 Å². The maximum atomic E-state index is 14.1. The summed E-state index contributed by atoms with van der Waals surface area (Å²) in [7, 11) is 0. The number of aromatic amines is 1. The number of anilines is 1. The van der Waals surface area contributed by atoms with Crippen LogP contribution in [0.5, 0.6) is 0 Å². The van der Waals surface area contributed by atoms with Gasteiger partial charge < -0.3 is 15.4 Å². The Labute approximate surface area is 161 Å². The first-order valence-electron chi connectivity index (χ1n) is 8.80. The fourth-order valence-electron chi connectivity index (χ4n) is 2.47. The molecule has 1 aromatic heterocycles. The van der Waals surface area contributed by atoms with Crippen LogP contribution < -0.4 is 16.2 Å². The fourth-order valence-corrected chi connectivity index (χ4v) is 2.47. The van der Waals surface area contributed by atoms with Gasteiger partial charge in [0.05, 0.1) is 18.0 Å². The van der Waals surface area contributed by atoms with Gasteiger partial charge in [0, 0.05) is 12.0 Å². The van der Waals surface area contributed by atoms with Gasteiger partial charge >= 0.3 is 6.09 Å². The van der Waals surface area contributed by atoms with E-state index in [-0.39, 0.29) is 17.9 Å². The number of rotatable bonds is 6. The number of H-pyrrole nitrogens is 1. The number of benzene rings is 1. The third-order valence-corrected chi connectivity index (χ3v) is 4.29. The van der Waals surface area contributed by atoms with Crippen LogP contribution in [-0.4, -0.2) is 34.8 Å². The molecule has 2 aromatic rings. The van der Waals surface area contributed by atoms with Gasteiger partial charge in [-0.3, -0.25) is 9.59 Å². The molecular formula is C19H23FN4O4. The number of alkyl carbamates (subject to hydrolysis) is 1. The van der Waals surface area contributed by atoms with Crippen molar-refractivity contribution in [2.45, 2.75) is 40.2 Å². The lowest BCUT2D eigenvalue weighted by molar-refractivity contribution is -0.117. The van der Waals surface area contributed by atoms with Gasteiger partial charge in [0.15, 0.2) is 0 Å². The molecule has 8 nitrogen and oxygen atoms in total. The van der Waals surface area contributed by atoms with Crippen molar-refractivity contribution < 1.29 is 18.7 Å². The predicted octanol–water partition coefficient (Wildman–Crippen LogP) is 2.19. The van der Waals surface area contributed by atoms with Crippen LogP contribution in [0.3, 0.4) is 0 Å². The van der Waals surface area contributed by atoms with Crippen LogP contribution in [0.1, 0.15) is 36.2 Å². The number of halogens is 1. The number of nitrogens with zero attached hydrogens (tertiary/aromatic N) is 1. The summed E-state index contributed by atoms with van der Waals surface area (Å²) in [6, 6.07) is 3.40. The minimum atomic E-state index is -0.909. The first-order valence-corrected chi connectivity index (χ1v) is 8.80. The molecule has 2 rings (SSSR count). The van der Waals surface area contributed by atoms with E-state index in [1.165, 1.54) is 19.1 Å². The summed E-state index contributed by atoms with van der Waals surface area (Å²) in [6.07, 6.45) is -0.377. The van der Waals surface area contributed by atoms with Crippen LogP contribution in [0, 0.1) is 19.7 Å². The average Bonchev–Trinajstić information content (AvgIpc) is 2.65. The second-order valence-corrected chi connectivity index (χ2v) is 6.32. The molecule has 0 aliphatic rings. The number of carbonyl (C=O) groups is 2. The number of ether oxygens (including phenoxy) is 1. The van der Waals surface area contributed by atoms with Gasteiger partial charge in [-0.15, -0.1) is 0 Å². The summed E-state index contributed by atoms with van der Waals surface area (Å²) >= 11 is 0. The smallest absolute Gasteiger partial charge is 0.407 e. The number of hydrogen-bond acceptors (Lipinski definition) is 5. The lowest BCUT2D eigenvalue weighted by atomic mass is 10.0. The van der Waals surface area contributed by atoms with Crippen LogP contribution in [0.15, 0.2) is 23.0 Å². The Morgan fingerprint density at radius 2 is 2.00 bits per heavy atom. The van der Waals surface area contributed by atoms with Gasteiger partial charge in [0.2, 0.25) is 5.91 Å². The van der Waals surface area contributed by atoms with Gasteiger partial charge in [0.1, 0.15) is 11.9 Å². The van der Waals surface area contributed by atoms with E-state index in [1.807, 2.05) is 0 Å². The first kappa shape index (κ1) is 21.1. The van der Waals surface area contributed by atoms with Crippen LogP contribution in [0.4, 0.5) is 14.9 Å². The molecule has 0 aliphatic heterocycles. The highest BCUT2D eigenvalue weighted by Crippen LogP contribution is 2.19. The van der Waals surface area contributed by atoms with E-state index < -0.39 is 23.9 Å². The molecule has 0 saturated heterocycles. The van der Waals surface area contributed by atoms with Crippen molar-refractivity contribution in [2.75, 3.05) is 11.9 Å². The normalized spacial score (nSPS) is 11.6. The number of nitrogens with one attached hydrogen (secondary N) is 3. The van der Waals surface area contributed by atoms with E-state index in [1.54, 1.807) is 26.8 Å². The van der Waals surface area contributed by atoms with E-state index in [0.29, 0.717) is 23.2 Å². The summed E-state index contributed by atoms with van der Waals surface area (Å²) in [5, 5.41) is 11.3. The molecule has 0 radical (unpaired) electrons. The molecule has 150 valence electrons. The molecule has 2 amide bonds. The van der Waals surface area contributed by atoms with Crippen LogP contribution in [-0.2, 0) is 16.0 Å². The predicted molar refractivity (Wildman–Crippen MR) is 102 cm³/mol. The lowest BCUT2D eigenvalue weighted by Crippen LogP contribution is -2.42. The molecule has 28 heavy (non-hydrogen) atoms. The maximum absolute atomic E-state index is 14.1. The van der Waals surface area contributed by atoms with E-state index in [4.69, 9.17) is 4.74 Å². The molecule has 9 heteroatoms. The molecule has 0 unspecified atom stereocenters. The third kappa shape index (κ3) is 5.15. The summed E-state index contributed by atoms with van der Waals surface area (Å²) < 4.78 is 18.8. The highest BCUT2D eigenvalue weighted by molar-refractivity contribution is 5.96. The summed E-state index contributed by atoms with van der Waals surface area (Å²) in [5.74, 6) is -1.19. The number of amides is 2. The Balaban J connectivity index is 2.15. The molecule has 1 heterocycles. The van der Waals surface area contributed by atoms with E-state index >= 15 is 0 Å². The number of carbonyl (C=O) groups excluding carboxylic acids is 2. The van der Waals surface area contributed by atoms with Gasteiger partial charge in [0.25, 0.3) is 5.56 Å². The third-order valence-electron chi connectivity index (χ3n) is 4.29. The summed E-state index contributed by atoms with van der Waals surface area (Å²) in [4.78, 5) is 35.2. The Morgan fingerprint density at radius 3 is 2.68 bits per heavy atom. The topological polar surface area (TPSA) is 113 Å². The SMILES string of the molecule is CCOC(=O)N[C@@H](C)C(=O)Nc1cc(Cc2n[nH]c(=O)c(C)c2C)ccc1F. The second kappa shape index (κ2) is 9.12. The van der Waals surface area contributed by atoms with Crippen molar-refractivity contribution >= 4 is 17.7 Å². The van der Waals surface area contributed by atoms with Crippen molar-refractivity contribution in [3.8, 4) is 0 Å². The van der Waals surface area contributed by atoms with E-state index in [9.17, 15) is 18.8 Å². The molecule has 1 atom stereocenters. The highest BCUT2D eigenvalue weighted by atomic mass is 19.1. The quantitative estimate of drug-likeness (QED) is 0.700.